The van der Waals surface area contributed by atoms with Gasteiger partial charge >= 0.3 is 0 Å². The van der Waals surface area contributed by atoms with Crippen molar-refractivity contribution in [3.63, 3.8) is 0 Å². The third kappa shape index (κ3) is 2.97. The van der Waals surface area contributed by atoms with Crippen LogP contribution in [0.3, 0.4) is 0 Å². The van der Waals surface area contributed by atoms with Gasteiger partial charge < -0.3 is 9.64 Å². The van der Waals surface area contributed by atoms with E-state index in [0.29, 0.717) is 13.2 Å². The molecule has 2 aromatic carbocycles. The van der Waals surface area contributed by atoms with Crippen molar-refractivity contribution < 1.29 is 4.74 Å². The van der Waals surface area contributed by atoms with Gasteiger partial charge in [0.2, 0.25) is 5.95 Å². The topological polar surface area (TPSA) is 71.3 Å². The maximum Gasteiger partial charge on any atom is 0.227 e. The van der Waals surface area contributed by atoms with E-state index in [-0.39, 0.29) is 0 Å². The molecule has 5 aromatic rings. The number of aryl methyl sites for hydroxylation is 1. The minimum atomic E-state index is 0.702. The molecule has 0 aliphatic carbocycles. The maximum absolute atomic E-state index is 5.55. The van der Waals surface area contributed by atoms with E-state index in [2.05, 4.69) is 64.5 Å². The molecule has 1 saturated heterocycles. The highest BCUT2D eigenvalue weighted by molar-refractivity contribution is 5.97. The lowest BCUT2D eigenvalue weighted by atomic mass is 9.98. The Labute approximate surface area is 179 Å². The van der Waals surface area contributed by atoms with Crippen LogP contribution in [0.1, 0.15) is 5.56 Å². The third-order valence-corrected chi connectivity index (χ3v) is 5.89. The number of anilines is 1. The summed E-state index contributed by atoms with van der Waals surface area (Å²) in [6, 6.07) is 16.7. The molecule has 0 spiro atoms. The Hall–Kier alpha value is -3.71. The van der Waals surface area contributed by atoms with Gasteiger partial charge in [0.25, 0.3) is 0 Å². The quantitative estimate of drug-likeness (QED) is 0.485. The second-order valence-electron chi connectivity index (χ2n) is 7.86. The monoisotopic (exact) mass is 410 g/mol. The van der Waals surface area contributed by atoms with E-state index >= 15 is 0 Å². The van der Waals surface area contributed by atoms with E-state index in [1.807, 2.05) is 23.0 Å². The number of morpholine rings is 1. The smallest absolute Gasteiger partial charge is 0.227 e. The Bertz CT molecular complexity index is 1380. The average Bonchev–Trinajstić information content (AvgIpc) is 3.45. The summed E-state index contributed by atoms with van der Waals surface area (Å²) in [4.78, 5) is 7.02. The highest BCUT2D eigenvalue weighted by atomic mass is 16.5. The summed E-state index contributed by atoms with van der Waals surface area (Å²) >= 11 is 0. The zero-order valence-electron chi connectivity index (χ0n) is 17.2. The molecule has 0 atom stereocenters. The van der Waals surface area contributed by atoms with Crippen LogP contribution >= 0.6 is 0 Å². The molecule has 1 N–H and O–H groups in total. The molecule has 1 aliphatic heterocycles. The van der Waals surface area contributed by atoms with Crippen LogP contribution in [0.5, 0.6) is 0 Å². The van der Waals surface area contributed by atoms with Gasteiger partial charge in [-0.3, -0.25) is 5.10 Å². The Morgan fingerprint density at radius 1 is 0.968 bits per heavy atom. The number of rotatable bonds is 3. The number of nitrogens with one attached hydrogen (secondary N) is 1. The van der Waals surface area contributed by atoms with Crippen LogP contribution < -0.4 is 4.90 Å². The van der Waals surface area contributed by atoms with Crippen LogP contribution in [0.4, 0.5) is 5.95 Å². The van der Waals surface area contributed by atoms with Crippen molar-refractivity contribution in [3.05, 3.63) is 66.5 Å². The number of fused-ring (bicyclic) bond motifs is 2. The summed E-state index contributed by atoms with van der Waals surface area (Å²) in [5, 5.41) is 13.4. The van der Waals surface area contributed by atoms with Crippen LogP contribution in [0.15, 0.2) is 60.9 Å². The number of hydrogen-bond acceptors (Lipinski definition) is 5. The minimum Gasteiger partial charge on any atom is -0.378 e. The van der Waals surface area contributed by atoms with Crippen LogP contribution in [0.25, 0.3) is 38.8 Å². The molecule has 0 radical (unpaired) electrons. The van der Waals surface area contributed by atoms with Crippen LogP contribution in [0, 0.1) is 6.92 Å². The van der Waals surface area contributed by atoms with Gasteiger partial charge in [-0.25, -0.2) is 4.98 Å². The van der Waals surface area contributed by atoms with E-state index in [9.17, 15) is 0 Å². The highest BCUT2D eigenvalue weighted by Crippen LogP contribution is 2.38. The second kappa shape index (κ2) is 7.21. The summed E-state index contributed by atoms with van der Waals surface area (Å²) in [7, 11) is 0. The van der Waals surface area contributed by atoms with Crippen LogP contribution in [0.2, 0.25) is 0 Å². The zero-order valence-corrected chi connectivity index (χ0v) is 17.2. The van der Waals surface area contributed by atoms with E-state index in [1.165, 1.54) is 0 Å². The molecule has 0 saturated carbocycles. The largest absolute Gasteiger partial charge is 0.378 e. The van der Waals surface area contributed by atoms with Gasteiger partial charge in [0.05, 0.1) is 30.4 Å². The molecule has 0 amide bonds. The number of benzene rings is 2. The number of hydrogen-bond donors (Lipinski definition) is 1. The summed E-state index contributed by atoms with van der Waals surface area (Å²) in [5.74, 6) is 0.858. The van der Waals surface area contributed by atoms with Crippen molar-refractivity contribution in [3.8, 4) is 22.4 Å². The fourth-order valence-electron chi connectivity index (χ4n) is 4.35. The molecule has 4 heterocycles. The van der Waals surface area contributed by atoms with Crippen molar-refractivity contribution in [1.82, 2.24) is 24.8 Å². The first kappa shape index (κ1) is 18.1. The highest BCUT2D eigenvalue weighted by Gasteiger charge is 2.23. The van der Waals surface area contributed by atoms with E-state index < -0.39 is 0 Å². The molecular weight excluding hydrogens is 388 g/mol. The Morgan fingerprint density at radius 3 is 2.65 bits per heavy atom. The van der Waals surface area contributed by atoms with Gasteiger partial charge in [-0.15, -0.1) is 0 Å². The van der Waals surface area contributed by atoms with Gasteiger partial charge in [0.15, 0.2) is 0 Å². The van der Waals surface area contributed by atoms with Gasteiger partial charge in [0, 0.05) is 35.8 Å². The number of nitrogens with zero attached hydrogens (tertiary/aromatic N) is 5. The third-order valence-electron chi connectivity index (χ3n) is 5.89. The zero-order chi connectivity index (χ0) is 20.8. The van der Waals surface area contributed by atoms with Gasteiger partial charge in [-0.2, -0.15) is 14.7 Å². The van der Waals surface area contributed by atoms with Gasteiger partial charge in [-0.1, -0.05) is 36.4 Å². The van der Waals surface area contributed by atoms with E-state index in [1.54, 1.807) is 0 Å². The fraction of sp³-hybridized carbons (Fsp3) is 0.208. The Balaban J connectivity index is 1.66. The normalized spacial score (nSPS) is 14.5. The number of ether oxygens (including phenoxy) is 1. The predicted octanol–water partition coefficient (Wildman–Crippen LogP) is 4.08. The maximum atomic E-state index is 5.55. The first-order valence-electron chi connectivity index (χ1n) is 10.5. The summed E-state index contributed by atoms with van der Waals surface area (Å²) in [6.45, 7) is 5.12. The van der Waals surface area contributed by atoms with Crippen LogP contribution in [-0.2, 0) is 4.74 Å². The lowest BCUT2D eigenvalue weighted by molar-refractivity contribution is 0.122. The molecule has 3 aromatic heterocycles. The molecule has 1 aliphatic rings. The standard InChI is InChI=1S/C24H22N6O/c1-16-14-25-24(29-9-11-31-12-10-29)30-23(16)21(22(28-30)17-5-3-2-4-6-17)18-7-8-20-19(13-18)15-26-27-20/h2-8,13-15H,9-12H2,1H3,(H,26,27). The molecule has 6 rings (SSSR count). The summed E-state index contributed by atoms with van der Waals surface area (Å²) in [5.41, 5.74) is 7.46. The lowest BCUT2D eigenvalue weighted by Gasteiger charge is -2.27. The molecule has 7 nitrogen and oxygen atoms in total. The molecular formula is C24H22N6O. The first-order chi connectivity index (χ1) is 15.3. The number of H-pyrrole nitrogens is 1. The molecule has 7 heteroatoms. The van der Waals surface area contributed by atoms with Gasteiger partial charge in [0.1, 0.15) is 5.69 Å². The summed E-state index contributed by atoms with van der Waals surface area (Å²) < 4.78 is 7.56. The van der Waals surface area contributed by atoms with Crippen molar-refractivity contribution in [2.24, 2.45) is 0 Å². The van der Waals surface area contributed by atoms with Crippen molar-refractivity contribution >= 4 is 22.4 Å². The number of aromatic amines is 1. The molecule has 0 bridgehead atoms. The number of aromatic nitrogens is 5. The second-order valence-corrected chi connectivity index (χ2v) is 7.86. The molecule has 1 fully saturated rings. The van der Waals surface area contributed by atoms with Crippen molar-refractivity contribution in [1.29, 1.82) is 0 Å². The van der Waals surface area contributed by atoms with Crippen molar-refractivity contribution in [2.75, 3.05) is 31.2 Å². The Kier molecular flexibility index (Phi) is 4.21. The SMILES string of the molecule is Cc1cnc(N2CCOCC2)n2nc(-c3ccccc3)c(-c3ccc4[nH]ncc4c3)c12. The fourth-order valence-corrected chi connectivity index (χ4v) is 4.35. The average molecular weight is 410 g/mol. The predicted molar refractivity (Wildman–Crippen MR) is 121 cm³/mol. The van der Waals surface area contributed by atoms with E-state index in [4.69, 9.17) is 14.8 Å². The Morgan fingerprint density at radius 2 is 1.81 bits per heavy atom. The first-order valence-corrected chi connectivity index (χ1v) is 10.5. The summed E-state index contributed by atoms with van der Waals surface area (Å²) in [6.07, 6.45) is 3.82. The lowest BCUT2D eigenvalue weighted by Crippen LogP contribution is -2.38. The van der Waals surface area contributed by atoms with E-state index in [0.717, 1.165) is 63.4 Å². The minimum absolute atomic E-state index is 0.702. The molecule has 0 unspecified atom stereocenters. The molecule has 31 heavy (non-hydrogen) atoms. The van der Waals surface area contributed by atoms with Crippen LogP contribution in [-0.4, -0.2) is 51.1 Å². The van der Waals surface area contributed by atoms with Gasteiger partial charge in [-0.05, 0) is 30.2 Å². The molecule has 154 valence electrons. The van der Waals surface area contributed by atoms with Crippen molar-refractivity contribution in [2.45, 2.75) is 6.92 Å².